The summed E-state index contributed by atoms with van der Waals surface area (Å²) in [4.78, 5) is 2.22. The average molecular weight is 240 g/mol. The standard InChI is InChI=1S/C15H16N2O/c1-12-7-13(8-16)3-4-15(12)10-17(2)9-14-5-6-18-11-14/h3-7,11H,9-10H2,1-2H3. The van der Waals surface area contributed by atoms with Crippen LogP contribution in [-0.4, -0.2) is 11.9 Å². The summed E-state index contributed by atoms with van der Waals surface area (Å²) in [5.74, 6) is 0. The van der Waals surface area contributed by atoms with Crippen LogP contribution in [0.3, 0.4) is 0 Å². The lowest BCUT2D eigenvalue weighted by atomic mass is 10.1. The van der Waals surface area contributed by atoms with Crippen molar-refractivity contribution in [3.05, 3.63) is 59.0 Å². The Kier molecular flexibility index (Phi) is 3.81. The molecule has 0 atom stereocenters. The van der Waals surface area contributed by atoms with Crippen LogP contribution in [0, 0.1) is 18.3 Å². The molecule has 2 rings (SSSR count). The van der Waals surface area contributed by atoms with E-state index in [1.165, 1.54) is 11.1 Å². The Balaban J connectivity index is 2.03. The molecule has 0 saturated carbocycles. The predicted molar refractivity (Wildman–Crippen MR) is 69.8 cm³/mol. The van der Waals surface area contributed by atoms with Crippen molar-refractivity contribution >= 4 is 0 Å². The zero-order valence-corrected chi connectivity index (χ0v) is 10.7. The second-order valence-corrected chi connectivity index (χ2v) is 4.56. The molecule has 0 bridgehead atoms. The second-order valence-electron chi connectivity index (χ2n) is 4.56. The number of hydrogen-bond donors (Lipinski definition) is 0. The molecule has 1 heterocycles. The Morgan fingerprint density at radius 1 is 1.28 bits per heavy atom. The van der Waals surface area contributed by atoms with E-state index < -0.39 is 0 Å². The summed E-state index contributed by atoms with van der Waals surface area (Å²) in [7, 11) is 2.07. The number of hydrogen-bond acceptors (Lipinski definition) is 3. The molecule has 0 amide bonds. The molecule has 0 aliphatic heterocycles. The van der Waals surface area contributed by atoms with Gasteiger partial charge in [-0.3, -0.25) is 4.90 Å². The third-order valence-electron chi connectivity index (χ3n) is 2.94. The van der Waals surface area contributed by atoms with E-state index in [0.29, 0.717) is 5.56 Å². The van der Waals surface area contributed by atoms with Crippen LogP contribution in [0.1, 0.15) is 22.3 Å². The molecular weight excluding hydrogens is 224 g/mol. The molecule has 0 fully saturated rings. The maximum absolute atomic E-state index is 8.84. The van der Waals surface area contributed by atoms with Crippen LogP contribution in [0.25, 0.3) is 0 Å². The number of furan rings is 1. The Labute approximate surface area is 107 Å². The lowest BCUT2D eigenvalue weighted by molar-refractivity contribution is 0.317. The summed E-state index contributed by atoms with van der Waals surface area (Å²) in [5.41, 5.74) is 4.30. The Hall–Kier alpha value is -2.05. The number of rotatable bonds is 4. The van der Waals surface area contributed by atoms with Crippen LogP contribution in [0.5, 0.6) is 0 Å². The molecule has 0 N–H and O–H groups in total. The minimum Gasteiger partial charge on any atom is -0.472 e. The summed E-state index contributed by atoms with van der Waals surface area (Å²) in [6.45, 7) is 3.76. The Morgan fingerprint density at radius 3 is 2.72 bits per heavy atom. The number of aryl methyl sites for hydroxylation is 1. The van der Waals surface area contributed by atoms with Gasteiger partial charge in [-0.05, 0) is 43.3 Å². The van der Waals surface area contributed by atoms with Gasteiger partial charge in [0.2, 0.25) is 0 Å². The number of nitrogens with zero attached hydrogens (tertiary/aromatic N) is 2. The molecule has 18 heavy (non-hydrogen) atoms. The summed E-state index contributed by atoms with van der Waals surface area (Å²) in [5, 5.41) is 8.84. The van der Waals surface area contributed by atoms with Gasteiger partial charge in [0.25, 0.3) is 0 Å². The fourth-order valence-electron chi connectivity index (χ4n) is 1.98. The monoisotopic (exact) mass is 240 g/mol. The smallest absolute Gasteiger partial charge is 0.0991 e. The van der Waals surface area contributed by atoms with Crippen molar-refractivity contribution in [1.82, 2.24) is 4.90 Å². The number of nitriles is 1. The predicted octanol–water partition coefficient (Wildman–Crippen LogP) is 3.09. The van der Waals surface area contributed by atoms with E-state index in [4.69, 9.17) is 9.68 Å². The average Bonchev–Trinajstić information content (AvgIpc) is 2.84. The summed E-state index contributed by atoms with van der Waals surface area (Å²) < 4.78 is 5.06. The highest BCUT2D eigenvalue weighted by Crippen LogP contribution is 2.14. The van der Waals surface area contributed by atoms with Gasteiger partial charge in [-0.25, -0.2) is 0 Å². The zero-order valence-electron chi connectivity index (χ0n) is 10.7. The van der Waals surface area contributed by atoms with Crippen LogP contribution in [-0.2, 0) is 13.1 Å². The van der Waals surface area contributed by atoms with Crippen molar-refractivity contribution in [2.24, 2.45) is 0 Å². The lowest BCUT2D eigenvalue weighted by Crippen LogP contribution is -2.17. The number of benzene rings is 1. The van der Waals surface area contributed by atoms with Gasteiger partial charge in [0.05, 0.1) is 24.2 Å². The Morgan fingerprint density at radius 2 is 2.11 bits per heavy atom. The SMILES string of the molecule is Cc1cc(C#N)ccc1CN(C)Cc1ccoc1. The third kappa shape index (κ3) is 2.99. The van der Waals surface area contributed by atoms with E-state index in [1.807, 2.05) is 31.2 Å². The zero-order chi connectivity index (χ0) is 13.0. The molecule has 2 aromatic rings. The summed E-state index contributed by atoms with van der Waals surface area (Å²) >= 11 is 0. The van der Waals surface area contributed by atoms with E-state index in [9.17, 15) is 0 Å². The van der Waals surface area contributed by atoms with E-state index in [1.54, 1.807) is 12.5 Å². The highest BCUT2D eigenvalue weighted by atomic mass is 16.3. The van der Waals surface area contributed by atoms with Gasteiger partial charge in [-0.1, -0.05) is 6.07 Å². The molecular formula is C15H16N2O. The largest absolute Gasteiger partial charge is 0.472 e. The van der Waals surface area contributed by atoms with Gasteiger partial charge >= 0.3 is 0 Å². The maximum Gasteiger partial charge on any atom is 0.0991 e. The second kappa shape index (κ2) is 5.52. The molecule has 0 saturated heterocycles. The molecule has 0 radical (unpaired) electrons. The lowest BCUT2D eigenvalue weighted by Gasteiger charge is -2.17. The van der Waals surface area contributed by atoms with Crippen molar-refractivity contribution in [1.29, 1.82) is 5.26 Å². The van der Waals surface area contributed by atoms with Crippen molar-refractivity contribution in [2.75, 3.05) is 7.05 Å². The molecule has 92 valence electrons. The van der Waals surface area contributed by atoms with Gasteiger partial charge in [-0.2, -0.15) is 5.26 Å². The van der Waals surface area contributed by atoms with Gasteiger partial charge in [0, 0.05) is 18.7 Å². The highest BCUT2D eigenvalue weighted by molar-refractivity contribution is 5.37. The first-order valence-corrected chi connectivity index (χ1v) is 5.88. The van der Waals surface area contributed by atoms with Crippen LogP contribution in [0.2, 0.25) is 0 Å². The van der Waals surface area contributed by atoms with E-state index in [-0.39, 0.29) is 0 Å². The molecule has 3 heteroatoms. The quantitative estimate of drug-likeness (QED) is 0.824. The summed E-state index contributed by atoms with van der Waals surface area (Å²) in [6.07, 6.45) is 3.46. The van der Waals surface area contributed by atoms with Crippen LogP contribution >= 0.6 is 0 Å². The van der Waals surface area contributed by atoms with Crippen molar-refractivity contribution < 1.29 is 4.42 Å². The van der Waals surface area contributed by atoms with Gasteiger partial charge in [0.1, 0.15) is 0 Å². The first kappa shape index (κ1) is 12.4. The topological polar surface area (TPSA) is 40.2 Å². The van der Waals surface area contributed by atoms with Gasteiger partial charge < -0.3 is 4.42 Å². The minimum atomic E-state index is 0.716. The minimum absolute atomic E-state index is 0.716. The van der Waals surface area contributed by atoms with Gasteiger partial charge in [0.15, 0.2) is 0 Å². The highest BCUT2D eigenvalue weighted by Gasteiger charge is 2.05. The first-order valence-electron chi connectivity index (χ1n) is 5.88. The molecule has 1 aromatic carbocycles. The third-order valence-corrected chi connectivity index (χ3v) is 2.94. The Bertz CT molecular complexity index is 552. The maximum atomic E-state index is 8.84. The van der Waals surface area contributed by atoms with Crippen LogP contribution < -0.4 is 0 Å². The fourth-order valence-corrected chi connectivity index (χ4v) is 1.98. The molecule has 0 aliphatic rings. The normalized spacial score (nSPS) is 10.6. The van der Waals surface area contributed by atoms with Crippen LogP contribution in [0.15, 0.2) is 41.2 Å². The van der Waals surface area contributed by atoms with E-state index in [0.717, 1.165) is 18.7 Å². The molecule has 0 unspecified atom stereocenters. The van der Waals surface area contributed by atoms with E-state index in [2.05, 4.69) is 18.0 Å². The van der Waals surface area contributed by atoms with Crippen LogP contribution in [0.4, 0.5) is 0 Å². The van der Waals surface area contributed by atoms with Crippen molar-refractivity contribution in [2.45, 2.75) is 20.0 Å². The summed E-state index contributed by atoms with van der Waals surface area (Å²) in [6, 6.07) is 9.96. The van der Waals surface area contributed by atoms with Gasteiger partial charge in [-0.15, -0.1) is 0 Å². The molecule has 3 nitrogen and oxygen atoms in total. The molecule has 0 spiro atoms. The first-order chi connectivity index (χ1) is 8.69. The van der Waals surface area contributed by atoms with E-state index >= 15 is 0 Å². The molecule has 1 aromatic heterocycles. The van der Waals surface area contributed by atoms with Crippen molar-refractivity contribution in [3.63, 3.8) is 0 Å². The molecule has 0 aliphatic carbocycles. The van der Waals surface area contributed by atoms with Crippen molar-refractivity contribution in [3.8, 4) is 6.07 Å². The fraction of sp³-hybridized carbons (Fsp3) is 0.267.